The molecule has 154 valence electrons. The second-order valence-corrected chi connectivity index (χ2v) is 8.04. The van der Waals surface area contributed by atoms with Crippen molar-refractivity contribution in [1.82, 2.24) is 19.2 Å². The second kappa shape index (κ2) is 7.83. The minimum absolute atomic E-state index is 0.229. The highest BCUT2D eigenvalue weighted by Crippen LogP contribution is 2.29. The molecule has 1 amide bonds. The van der Waals surface area contributed by atoms with E-state index >= 15 is 0 Å². The number of thioether (sulfide) groups is 1. The first kappa shape index (κ1) is 20.0. The summed E-state index contributed by atoms with van der Waals surface area (Å²) in [4.78, 5) is 25.3. The highest BCUT2D eigenvalue weighted by atomic mass is 32.2. The van der Waals surface area contributed by atoms with E-state index in [0.717, 1.165) is 5.56 Å². The Labute approximate surface area is 176 Å². The molecule has 0 aliphatic heterocycles. The molecule has 0 saturated heterocycles. The number of para-hydroxylation sites is 1. The van der Waals surface area contributed by atoms with E-state index in [2.05, 4.69) is 10.2 Å². The number of nitrogens with zero attached hydrogens (tertiary/aromatic N) is 4. The van der Waals surface area contributed by atoms with E-state index in [0.29, 0.717) is 39.7 Å². The Bertz CT molecular complexity index is 1330. The molecule has 0 bridgehead atoms. The number of benzene rings is 2. The van der Waals surface area contributed by atoms with Crippen molar-refractivity contribution in [3.8, 4) is 11.4 Å². The van der Waals surface area contributed by atoms with Crippen molar-refractivity contribution in [3.63, 3.8) is 0 Å². The zero-order chi connectivity index (χ0) is 21.4. The van der Waals surface area contributed by atoms with Gasteiger partial charge in [0.05, 0.1) is 29.0 Å². The Morgan fingerprint density at radius 2 is 2.00 bits per heavy atom. The van der Waals surface area contributed by atoms with Crippen molar-refractivity contribution in [3.05, 3.63) is 58.4 Å². The van der Waals surface area contributed by atoms with Gasteiger partial charge < -0.3 is 10.5 Å². The highest BCUT2D eigenvalue weighted by Gasteiger charge is 2.23. The van der Waals surface area contributed by atoms with Crippen molar-refractivity contribution < 1.29 is 9.53 Å². The molecule has 0 spiro atoms. The number of rotatable bonds is 6. The molecule has 2 heterocycles. The predicted molar refractivity (Wildman–Crippen MR) is 117 cm³/mol. The lowest BCUT2D eigenvalue weighted by Crippen LogP contribution is -2.25. The maximum atomic E-state index is 13.5. The lowest BCUT2D eigenvalue weighted by Gasteiger charge is -2.15. The molecule has 0 fully saturated rings. The summed E-state index contributed by atoms with van der Waals surface area (Å²) in [5, 5.41) is 9.13. The Morgan fingerprint density at radius 1 is 1.23 bits per heavy atom. The van der Waals surface area contributed by atoms with Crippen molar-refractivity contribution in [2.75, 3.05) is 7.11 Å². The summed E-state index contributed by atoms with van der Waals surface area (Å²) in [5.41, 5.74) is 7.51. The van der Waals surface area contributed by atoms with Crippen LogP contribution in [0.3, 0.4) is 0 Å². The predicted octanol–water partition coefficient (Wildman–Crippen LogP) is 2.71. The van der Waals surface area contributed by atoms with Crippen LogP contribution in [-0.2, 0) is 4.79 Å². The molecule has 1 unspecified atom stereocenters. The van der Waals surface area contributed by atoms with Gasteiger partial charge in [-0.1, -0.05) is 36.9 Å². The lowest BCUT2D eigenvalue weighted by atomic mass is 10.2. The molecule has 4 aromatic rings. The van der Waals surface area contributed by atoms with E-state index in [4.69, 9.17) is 10.5 Å². The number of carbonyl (C=O) groups is 1. The van der Waals surface area contributed by atoms with E-state index in [1.165, 1.54) is 16.3 Å². The Hall–Kier alpha value is -3.33. The average molecular weight is 423 g/mol. The van der Waals surface area contributed by atoms with Crippen LogP contribution in [0.25, 0.3) is 22.4 Å². The Balaban J connectivity index is 2.10. The highest BCUT2D eigenvalue weighted by molar-refractivity contribution is 8.00. The zero-order valence-corrected chi connectivity index (χ0v) is 17.6. The van der Waals surface area contributed by atoms with E-state index in [1.807, 2.05) is 50.2 Å². The van der Waals surface area contributed by atoms with Crippen LogP contribution in [0.2, 0.25) is 0 Å². The number of hydrogen-bond acceptors (Lipinski definition) is 6. The molecule has 2 N–H and O–H groups in total. The van der Waals surface area contributed by atoms with Crippen LogP contribution in [0.15, 0.2) is 52.4 Å². The number of ether oxygens (including phenoxy) is 1. The summed E-state index contributed by atoms with van der Waals surface area (Å²) in [6.07, 6.45) is 0.554. The Kier molecular flexibility index (Phi) is 5.21. The van der Waals surface area contributed by atoms with E-state index in [9.17, 15) is 9.59 Å². The number of hydrogen-bond donors (Lipinski definition) is 1. The molecule has 0 radical (unpaired) electrons. The van der Waals surface area contributed by atoms with Crippen LogP contribution in [0, 0.1) is 6.92 Å². The van der Waals surface area contributed by atoms with Crippen LogP contribution in [0.1, 0.15) is 18.9 Å². The van der Waals surface area contributed by atoms with E-state index in [1.54, 1.807) is 17.6 Å². The molecule has 0 saturated carbocycles. The number of primary amides is 1. The van der Waals surface area contributed by atoms with Crippen molar-refractivity contribution in [2.45, 2.75) is 30.7 Å². The third-order valence-electron chi connectivity index (χ3n) is 4.91. The summed E-state index contributed by atoms with van der Waals surface area (Å²) in [5.74, 6) is 0.460. The van der Waals surface area contributed by atoms with E-state index in [-0.39, 0.29) is 5.56 Å². The fraction of sp³-hybridized carbons (Fsp3) is 0.238. The first-order chi connectivity index (χ1) is 14.5. The third kappa shape index (κ3) is 3.21. The van der Waals surface area contributed by atoms with Gasteiger partial charge in [-0.15, -0.1) is 10.2 Å². The quantitative estimate of drug-likeness (QED) is 0.478. The number of nitrogens with two attached hydrogens (primary N) is 1. The van der Waals surface area contributed by atoms with Gasteiger partial charge in [-0.2, -0.15) is 0 Å². The van der Waals surface area contributed by atoms with Gasteiger partial charge in [0.15, 0.2) is 5.16 Å². The van der Waals surface area contributed by atoms with Gasteiger partial charge in [-0.25, -0.2) is 4.57 Å². The van der Waals surface area contributed by atoms with Gasteiger partial charge in [-0.05, 0) is 43.2 Å². The molecule has 8 nitrogen and oxygen atoms in total. The van der Waals surface area contributed by atoms with Crippen molar-refractivity contribution in [1.29, 1.82) is 0 Å². The fourth-order valence-corrected chi connectivity index (χ4v) is 4.33. The second-order valence-electron chi connectivity index (χ2n) is 6.87. The van der Waals surface area contributed by atoms with Crippen molar-refractivity contribution in [2.24, 2.45) is 5.73 Å². The van der Waals surface area contributed by atoms with Gasteiger partial charge in [0.25, 0.3) is 5.56 Å². The van der Waals surface area contributed by atoms with Gasteiger partial charge in [0, 0.05) is 0 Å². The third-order valence-corrected chi connectivity index (χ3v) is 6.23. The first-order valence-corrected chi connectivity index (χ1v) is 10.3. The molecule has 2 aromatic carbocycles. The van der Waals surface area contributed by atoms with Crippen LogP contribution in [0.4, 0.5) is 0 Å². The number of carbonyl (C=O) groups excluding carboxylic acids is 1. The summed E-state index contributed by atoms with van der Waals surface area (Å²) >= 11 is 1.24. The maximum absolute atomic E-state index is 13.5. The van der Waals surface area contributed by atoms with Crippen LogP contribution in [-0.4, -0.2) is 37.4 Å². The van der Waals surface area contributed by atoms with Crippen LogP contribution in [0.5, 0.6) is 5.75 Å². The van der Waals surface area contributed by atoms with Crippen LogP contribution >= 0.6 is 11.8 Å². The minimum atomic E-state index is -0.454. The Morgan fingerprint density at radius 3 is 2.70 bits per heavy atom. The molecule has 9 heteroatoms. The molecule has 2 aromatic heterocycles. The maximum Gasteiger partial charge on any atom is 0.267 e. The number of methoxy groups -OCH3 is 1. The molecule has 0 aliphatic rings. The smallest absolute Gasteiger partial charge is 0.267 e. The lowest BCUT2D eigenvalue weighted by molar-refractivity contribution is -0.117. The minimum Gasteiger partial charge on any atom is -0.495 e. The number of aryl methyl sites for hydroxylation is 1. The zero-order valence-electron chi connectivity index (χ0n) is 16.8. The molecular weight excluding hydrogens is 402 g/mol. The van der Waals surface area contributed by atoms with Gasteiger partial charge in [-0.3, -0.25) is 14.0 Å². The molecule has 0 aliphatic carbocycles. The summed E-state index contributed by atoms with van der Waals surface area (Å²) in [7, 11) is 1.56. The number of aromatic nitrogens is 4. The summed E-state index contributed by atoms with van der Waals surface area (Å²) in [6, 6.07) is 12.8. The molecule has 1 atom stereocenters. The largest absolute Gasteiger partial charge is 0.495 e. The monoisotopic (exact) mass is 423 g/mol. The molecule has 4 rings (SSSR count). The summed E-state index contributed by atoms with van der Waals surface area (Å²) in [6.45, 7) is 3.83. The average Bonchev–Trinajstić information content (AvgIpc) is 3.15. The molecular formula is C21H21N5O3S. The normalized spacial score (nSPS) is 12.4. The fourth-order valence-electron chi connectivity index (χ4n) is 3.42. The number of amides is 1. The summed E-state index contributed by atoms with van der Waals surface area (Å²) < 4.78 is 8.79. The van der Waals surface area contributed by atoms with Crippen LogP contribution < -0.4 is 16.0 Å². The van der Waals surface area contributed by atoms with Gasteiger partial charge in [0.2, 0.25) is 11.7 Å². The van der Waals surface area contributed by atoms with Crippen molar-refractivity contribution >= 4 is 34.3 Å². The molecule has 30 heavy (non-hydrogen) atoms. The standard InChI is InChI=1S/C21H21N5O3S/c1-4-17(18(22)27)30-21-24-23-20-25(15-11-12(2)9-10-16(15)29-3)19(28)13-7-5-6-8-14(13)26(20)21/h5-11,17H,4H2,1-3H3,(H2,22,27). The van der Waals surface area contributed by atoms with Gasteiger partial charge in [0.1, 0.15) is 5.75 Å². The number of fused-ring (bicyclic) bond motifs is 3. The SMILES string of the molecule is CCC(Sc1nnc2n(-c3cc(C)ccc3OC)c(=O)c3ccccc3n12)C(N)=O. The van der Waals surface area contributed by atoms with Gasteiger partial charge >= 0.3 is 0 Å². The first-order valence-electron chi connectivity index (χ1n) is 9.46. The van der Waals surface area contributed by atoms with E-state index < -0.39 is 11.2 Å². The topological polar surface area (TPSA) is 105 Å².